The minimum Gasteiger partial charge on any atom is -0.496 e. The summed E-state index contributed by atoms with van der Waals surface area (Å²) in [5.74, 6) is -0.0394. The Morgan fingerprint density at radius 2 is 2.00 bits per heavy atom. The van der Waals surface area contributed by atoms with Crippen molar-refractivity contribution in [2.45, 2.75) is 38.8 Å². The second-order valence-corrected chi connectivity index (χ2v) is 6.68. The number of hydrogen-bond donors (Lipinski definition) is 2. The molecule has 1 atom stereocenters. The molecule has 0 saturated heterocycles. The van der Waals surface area contributed by atoms with Crippen LogP contribution in [0.4, 0.5) is 4.79 Å². The molecule has 0 saturated carbocycles. The first-order chi connectivity index (χ1) is 10.1. The standard InChI is InChI=1S/C15H21BrN2O4/c1-15(2,3)22-14(20)18-11(13(17)19)7-9-5-6-10(16)8-12(9)21-4/h5-6,8,11H,7H2,1-4H3,(H2,17,19)(H,18,20). The molecule has 3 N–H and O–H groups in total. The van der Waals surface area contributed by atoms with Crippen molar-refractivity contribution < 1.29 is 19.1 Å². The lowest BCUT2D eigenvalue weighted by Crippen LogP contribution is -2.47. The number of benzene rings is 1. The fraction of sp³-hybridized carbons (Fsp3) is 0.467. The molecule has 2 amide bonds. The van der Waals surface area contributed by atoms with Crippen LogP contribution in [0.15, 0.2) is 22.7 Å². The molecular formula is C15H21BrN2O4. The molecule has 7 heteroatoms. The predicted octanol–water partition coefficient (Wildman–Crippen LogP) is 2.38. The Balaban J connectivity index is 2.85. The van der Waals surface area contributed by atoms with Crippen LogP contribution < -0.4 is 15.8 Å². The van der Waals surface area contributed by atoms with Crippen LogP contribution >= 0.6 is 15.9 Å². The summed E-state index contributed by atoms with van der Waals surface area (Å²) in [6.07, 6.45) is -0.474. The molecule has 1 unspecified atom stereocenters. The summed E-state index contributed by atoms with van der Waals surface area (Å²) < 4.78 is 11.3. The normalized spacial score (nSPS) is 12.4. The number of hydrogen-bond acceptors (Lipinski definition) is 4. The zero-order valence-electron chi connectivity index (χ0n) is 13.1. The Labute approximate surface area is 138 Å². The second-order valence-electron chi connectivity index (χ2n) is 5.76. The minimum atomic E-state index is -0.884. The quantitative estimate of drug-likeness (QED) is 0.829. The summed E-state index contributed by atoms with van der Waals surface area (Å²) in [4.78, 5) is 23.4. The van der Waals surface area contributed by atoms with Crippen LogP contribution in [-0.4, -0.2) is 30.8 Å². The first-order valence-electron chi connectivity index (χ1n) is 6.73. The largest absolute Gasteiger partial charge is 0.496 e. The molecule has 0 aromatic heterocycles. The SMILES string of the molecule is COc1cc(Br)ccc1CC(NC(=O)OC(C)(C)C)C(N)=O. The number of amides is 2. The number of halogens is 1. The van der Waals surface area contributed by atoms with Gasteiger partial charge in [-0.3, -0.25) is 4.79 Å². The van der Waals surface area contributed by atoms with Crippen molar-refractivity contribution in [3.63, 3.8) is 0 Å². The summed E-state index contributed by atoms with van der Waals surface area (Å²) in [7, 11) is 1.53. The van der Waals surface area contributed by atoms with Gasteiger partial charge in [-0.25, -0.2) is 4.79 Å². The van der Waals surface area contributed by atoms with Crippen LogP contribution in [0, 0.1) is 0 Å². The molecule has 122 valence electrons. The first-order valence-corrected chi connectivity index (χ1v) is 7.53. The van der Waals surface area contributed by atoms with E-state index < -0.39 is 23.6 Å². The molecule has 22 heavy (non-hydrogen) atoms. The van der Waals surface area contributed by atoms with Gasteiger partial charge in [-0.2, -0.15) is 0 Å². The van der Waals surface area contributed by atoms with E-state index in [2.05, 4.69) is 21.2 Å². The summed E-state index contributed by atoms with van der Waals surface area (Å²) in [5, 5.41) is 2.48. The van der Waals surface area contributed by atoms with E-state index in [1.807, 2.05) is 6.07 Å². The van der Waals surface area contributed by atoms with Crippen LogP contribution in [0.1, 0.15) is 26.3 Å². The smallest absolute Gasteiger partial charge is 0.408 e. The third-order valence-electron chi connectivity index (χ3n) is 2.71. The van der Waals surface area contributed by atoms with Crippen molar-refractivity contribution in [2.75, 3.05) is 7.11 Å². The zero-order chi connectivity index (χ0) is 16.9. The number of alkyl carbamates (subject to hydrolysis) is 1. The highest BCUT2D eigenvalue weighted by atomic mass is 79.9. The lowest BCUT2D eigenvalue weighted by Gasteiger charge is -2.22. The number of carbonyl (C=O) groups excluding carboxylic acids is 2. The van der Waals surface area contributed by atoms with E-state index >= 15 is 0 Å². The van der Waals surface area contributed by atoms with Gasteiger partial charge in [0.15, 0.2) is 0 Å². The van der Waals surface area contributed by atoms with Gasteiger partial charge < -0.3 is 20.5 Å². The van der Waals surface area contributed by atoms with Gasteiger partial charge in [-0.1, -0.05) is 22.0 Å². The molecular weight excluding hydrogens is 352 g/mol. The predicted molar refractivity (Wildman–Crippen MR) is 86.8 cm³/mol. The van der Waals surface area contributed by atoms with E-state index in [4.69, 9.17) is 15.2 Å². The Bertz CT molecular complexity index is 555. The molecule has 0 spiro atoms. The van der Waals surface area contributed by atoms with Gasteiger partial charge in [0.05, 0.1) is 7.11 Å². The average molecular weight is 373 g/mol. The first kappa shape index (κ1) is 18.3. The Hall–Kier alpha value is -1.76. The van der Waals surface area contributed by atoms with Gasteiger partial charge in [0, 0.05) is 10.9 Å². The minimum absolute atomic E-state index is 0.213. The summed E-state index contributed by atoms with van der Waals surface area (Å²) >= 11 is 3.34. The second kappa shape index (κ2) is 7.49. The highest BCUT2D eigenvalue weighted by Gasteiger charge is 2.24. The van der Waals surface area contributed by atoms with Crippen LogP contribution in [0.25, 0.3) is 0 Å². The summed E-state index contributed by atoms with van der Waals surface area (Å²) in [6, 6.07) is 4.52. The number of ether oxygens (including phenoxy) is 2. The monoisotopic (exact) mass is 372 g/mol. The van der Waals surface area contributed by atoms with Crippen LogP contribution in [0.2, 0.25) is 0 Å². The van der Waals surface area contributed by atoms with Gasteiger partial charge in [0.25, 0.3) is 0 Å². The van der Waals surface area contributed by atoms with Crippen molar-refractivity contribution in [1.82, 2.24) is 5.32 Å². The van der Waals surface area contributed by atoms with Gasteiger partial charge >= 0.3 is 6.09 Å². The van der Waals surface area contributed by atoms with Crippen LogP contribution in [0.5, 0.6) is 5.75 Å². The fourth-order valence-electron chi connectivity index (χ4n) is 1.78. The lowest BCUT2D eigenvalue weighted by molar-refractivity contribution is -0.120. The third-order valence-corrected chi connectivity index (χ3v) is 3.20. The number of carbonyl (C=O) groups is 2. The Morgan fingerprint density at radius 1 is 1.36 bits per heavy atom. The van der Waals surface area contributed by atoms with E-state index in [9.17, 15) is 9.59 Å². The molecule has 0 aliphatic carbocycles. The topological polar surface area (TPSA) is 90.7 Å². The molecule has 1 aromatic rings. The number of rotatable bonds is 5. The highest BCUT2D eigenvalue weighted by molar-refractivity contribution is 9.10. The highest BCUT2D eigenvalue weighted by Crippen LogP contribution is 2.24. The fourth-order valence-corrected chi connectivity index (χ4v) is 2.12. The number of nitrogens with one attached hydrogen (secondary N) is 1. The lowest BCUT2D eigenvalue weighted by atomic mass is 10.0. The third kappa shape index (κ3) is 5.93. The van der Waals surface area contributed by atoms with E-state index in [0.29, 0.717) is 5.75 Å². The van der Waals surface area contributed by atoms with E-state index in [0.717, 1.165) is 10.0 Å². The molecule has 0 bridgehead atoms. The van der Waals surface area contributed by atoms with E-state index in [1.54, 1.807) is 32.9 Å². The zero-order valence-corrected chi connectivity index (χ0v) is 14.7. The van der Waals surface area contributed by atoms with Crippen molar-refractivity contribution >= 4 is 27.9 Å². The van der Waals surface area contributed by atoms with Crippen molar-refractivity contribution in [2.24, 2.45) is 5.73 Å². The van der Waals surface area contributed by atoms with Crippen molar-refractivity contribution in [1.29, 1.82) is 0 Å². The van der Waals surface area contributed by atoms with Crippen molar-refractivity contribution in [3.8, 4) is 5.75 Å². The molecule has 0 fully saturated rings. The molecule has 1 aromatic carbocycles. The molecule has 0 aliphatic heterocycles. The maximum absolute atomic E-state index is 11.8. The Kier molecular flexibility index (Phi) is 6.22. The van der Waals surface area contributed by atoms with E-state index in [1.165, 1.54) is 7.11 Å². The van der Waals surface area contributed by atoms with Crippen LogP contribution in [0.3, 0.4) is 0 Å². The van der Waals surface area contributed by atoms with Gasteiger partial charge in [0.1, 0.15) is 17.4 Å². The molecule has 0 radical (unpaired) electrons. The summed E-state index contributed by atoms with van der Waals surface area (Å²) in [6.45, 7) is 5.22. The van der Waals surface area contributed by atoms with Gasteiger partial charge in [-0.05, 0) is 38.5 Å². The Morgan fingerprint density at radius 3 is 2.50 bits per heavy atom. The number of methoxy groups -OCH3 is 1. The van der Waals surface area contributed by atoms with Crippen molar-refractivity contribution in [3.05, 3.63) is 28.2 Å². The van der Waals surface area contributed by atoms with E-state index in [-0.39, 0.29) is 6.42 Å². The van der Waals surface area contributed by atoms with Gasteiger partial charge in [0.2, 0.25) is 5.91 Å². The van der Waals surface area contributed by atoms with Crippen LogP contribution in [-0.2, 0) is 16.0 Å². The van der Waals surface area contributed by atoms with Gasteiger partial charge in [-0.15, -0.1) is 0 Å². The maximum atomic E-state index is 11.8. The molecule has 0 aliphatic rings. The molecule has 6 nitrogen and oxygen atoms in total. The molecule has 0 heterocycles. The maximum Gasteiger partial charge on any atom is 0.408 e. The number of nitrogens with two attached hydrogens (primary N) is 1. The average Bonchev–Trinajstić information content (AvgIpc) is 2.37. The molecule has 1 rings (SSSR count). The number of primary amides is 1. The summed E-state index contributed by atoms with van der Waals surface area (Å²) in [5.41, 5.74) is 5.46.